The summed E-state index contributed by atoms with van der Waals surface area (Å²) in [5, 5.41) is 15.4. The molecule has 4 rings (SSSR count). The molecule has 1 N–H and O–H groups in total. The average Bonchev–Trinajstić information content (AvgIpc) is 3.33. The molecule has 0 aliphatic carbocycles. The third-order valence-corrected chi connectivity index (χ3v) is 5.24. The van der Waals surface area contributed by atoms with E-state index in [9.17, 15) is 14.7 Å². The molecule has 0 saturated carbocycles. The number of amides is 1. The number of benzene rings is 2. The number of aromatic nitrogens is 1. The Labute approximate surface area is 189 Å². The highest BCUT2D eigenvalue weighted by Crippen LogP contribution is 2.42. The van der Waals surface area contributed by atoms with Gasteiger partial charge in [-0.05, 0) is 48.9 Å². The van der Waals surface area contributed by atoms with Crippen LogP contribution in [0.4, 0.5) is 5.82 Å². The molecule has 1 saturated heterocycles. The molecule has 3 aromatic rings. The van der Waals surface area contributed by atoms with Crippen LogP contribution in [-0.2, 0) is 9.59 Å². The Balaban J connectivity index is 1.86. The summed E-state index contributed by atoms with van der Waals surface area (Å²) in [7, 11) is 0. The molecule has 8 heteroatoms. The molecule has 7 nitrogen and oxygen atoms in total. The molecule has 2 heterocycles. The van der Waals surface area contributed by atoms with Gasteiger partial charge >= 0.3 is 5.91 Å². The molecule has 1 aliphatic rings. The summed E-state index contributed by atoms with van der Waals surface area (Å²) in [4.78, 5) is 27.3. The van der Waals surface area contributed by atoms with Gasteiger partial charge < -0.3 is 14.4 Å². The number of nitrogens with zero attached hydrogens (tertiary/aromatic N) is 2. The van der Waals surface area contributed by atoms with E-state index in [-0.39, 0.29) is 17.2 Å². The molecular weight excluding hydrogens is 432 g/mol. The normalized spacial score (nSPS) is 17.6. The maximum absolute atomic E-state index is 13.0. The number of halogens is 1. The van der Waals surface area contributed by atoms with Crippen molar-refractivity contribution in [3.63, 3.8) is 0 Å². The molecule has 0 spiro atoms. The maximum Gasteiger partial charge on any atom is 0.301 e. The molecule has 0 bridgehead atoms. The quantitative estimate of drug-likeness (QED) is 0.250. The van der Waals surface area contributed by atoms with Gasteiger partial charge in [-0.2, -0.15) is 0 Å². The van der Waals surface area contributed by atoms with Crippen LogP contribution in [0.5, 0.6) is 5.75 Å². The van der Waals surface area contributed by atoms with Gasteiger partial charge in [-0.25, -0.2) is 0 Å². The summed E-state index contributed by atoms with van der Waals surface area (Å²) in [5.41, 5.74) is 0.892. The van der Waals surface area contributed by atoms with Crippen molar-refractivity contribution < 1.29 is 24.0 Å². The lowest BCUT2D eigenvalue weighted by Crippen LogP contribution is -2.29. The summed E-state index contributed by atoms with van der Waals surface area (Å²) in [5.74, 6) is -0.690. The molecule has 1 atom stereocenters. The number of anilines is 1. The second kappa shape index (κ2) is 8.72. The van der Waals surface area contributed by atoms with Crippen molar-refractivity contribution in [2.75, 3.05) is 11.5 Å². The number of ether oxygens (including phenoxy) is 1. The lowest BCUT2D eigenvalue weighted by atomic mass is 9.95. The van der Waals surface area contributed by atoms with Gasteiger partial charge in [0, 0.05) is 16.7 Å². The Morgan fingerprint density at radius 2 is 1.91 bits per heavy atom. The topological polar surface area (TPSA) is 92.9 Å². The number of aliphatic hydroxyl groups is 1. The molecular formula is C24H19ClN2O5. The molecule has 1 fully saturated rings. The van der Waals surface area contributed by atoms with Crippen molar-refractivity contribution in [2.24, 2.45) is 0 Å². The number of carbonyl (C=O) groups is 2. The van der Waals surface area contributed by atoms with Crippen LogP contribution >= 0.6 is 11.6 Å². The number of hydrogen-bond donors (Lipinski definition) is 1. The van der Waals surface area contributed by atoms with Crippen molar-refractivity contribution in [2.45, 2.75) is 13.0 Å². The monoisotopic (exact) mass is 450 g/mol. The number of aliphatic hydroxyl groups excluding tert-OH is 1. The lowest BCUT2D eigenvalue weighted by molar-refractivity contribution is -0.132. The van der Waals surface area contributed by atoms with Gasteiger partial charge in [0.1, 0.15) is 23.9 Å². The van der Waals surface area contributed by atoms with E-state index in [1.54, 1.807) is 67.6 Å². The van der Waals surface area contributed by atoms with Crippen molar-refractivity contribution in [3.8, 4) is 5.75 Å². The Morgan fingerprint density at radius 1 is 1.22 bits per heavy atom. The van der Waals surface area contributed by atoms with Gasteiger partial charge in [-0.1, -0.05) is 41.5 Å². The van der Waals surface area contributed by atoms with E-state index in [0.29, 0.717) is 34.3 Å². The fourth-order valence-electron chi connectivity index (χ4n) is 3.52. The molecule has 1 aromatic heterocycles. The highest BCUT2D eigenvalue weighted by molar-refractivity contribution is 6.51. The number of aryl methyl sites for hydroxylation is 1. The van der Waals surface area contributed by atoms with Crippen LogP contribution in [0.2, 0.25) is 5.02 Å². The van der Waals surface area contributed by atoms with Gasteiger partial charge in [-0.3, -0.25) is 14.5 Å². The largest absolute Gasteiger partial charge is 0.507 e. The van der Waals surface area contributed by atoms with E-state index >= 15 is 0 Å². The minimum absolute atomic E-state index is 0.0577. The zero-order chi connectivity index (χ0) is 22.8. The number of rotatable bonds is 6. The Hall–Kier alpha value is -3.84. The zero-order valence-electron chi connectivity index (χ0n) is 17.1. The Kier molecular flexibility index (Phi) is 5.83. The Bertz CT molecular complexity index is 1210. The first-order valence-electron chi connectivity index (χ1n) is 9.74. The summed E-state index contributed by atoms with van der Waals surface area (Å²) < 4.78 is 10.6. The summed E-state index contributed by atoms with van der Waals surface area (Å²) in [6.07, 6.45) is 1.63. The van der Waals surface area contributed by atoms with Gasteiger partial charge in [0.15, 0.2) is 5.82 Å². The first-order valence-corrected chi connectivity index (χ1v) is 10.1. The number of hydrogen-bond acceptors (Lipinski definition) is 6. The van der Waals surface area contributed by atoms with Crippen molar-refractivity contribution in [3.05, 3.63) is 94.7 Å². The molecule has 2 aromatic carbocycles. The van der Waals surface area contributed by atoms with E-state index in [2.05, 4.69) is 11.7 Å². The fraction of sp³-hybridized carbons (Fsp3) is 0.125. The van der Waals surface area contributed by atoms with Crippen molar-refractivity contribution in [1.82, 2.24) is 5.16 Å². The van der Waals surface area contributed by atoms with E-state index in [0.717, 1.165) is 0 Å². The van der Waals surface area contributed by atoms with Gasteiger partial charge in [0.2, 0.25) is 0 Å². The summed E-state index contributed by atoms with van der Waals surface area (Å²) in [6, 6.07) is 13.9. The van der Waals surface area contributed by atoms with Crippen LogP contribution in [0.1, 0.15) is 22.9 Å². The van der Waals surface area contributed by atoms with Gasteiger partial charge in [0.05, 0.1) is 11.6 Å². The van der Waals surface area contributed by atoms with Gasteiger partial charge in [0.25, 0.3) is 5.78 Å². The number of Topliss-reactive ketones (excluding diaryl/α,β-unsaturated/α-hetero) is 1. The second-order valence-corrected chi connectivity index (χ2v) is 7.58. The first-order chi connectivity index (χ1) is 15.4. The average molecular weight is 451 g/mol. The van der Waals surface area contributed by atoms with Crippen molar-refractivity contribution >= 4 is 34.9 Å². The SMILES string of the molecule is C=CCOc1ccc([C@H]2/C(=C(\O)c3ccc(Cl)cc3)C(=O)C(=O)N2c2cc(C)on2)cc1. The van der Waals surface area contributed by atoms with E-state index in [1.807, 2.05) is 0 Å². The van der Waals surface area contributed by atoms with Gasteiger partial charge in [-0.15, -0.1) is 0 Å². The molecule has 1 amide bonds. The predicted octanol–water partition coefficient (Wildman–Crippen LogP) is 4.83. The highest BCUT2D eigenvalue weighted by Gasteiger charge is 2.48. The minimum Gasteiger partial charge on any atom is -0.507 e. The molecule has 32 heavy (non-hydrogen) atoms. The minimum atomic E-state index is -0.913. The standard InChI is InChI=1S/C24H19ClN2O5/c1-3-12-31-18-10-6-15(7-11-18)21-20(22(28)16-4-8-17(25)9-5-16)23(29)24(30)27(21)19-13-14(2)32-26-19/h3-11,13,21,28H,1,12H2,2H3/b22-20+/t21-/m0/s1. The van der Waals surface area contributed by atoms with E-state index < -0.39 is 17.7 Å². The van der Waals surface area contributed by atoms with Crippen LogP contribution in [0.15, 0.2) is 77.3 Å². The molecule has 0 radical (unpaired) electrons. The first kappa shape index (κ1) is 21.4. The lowest BCUT2D eigenvalue weighted by Gasteiger charge is -2.23. The third-order valence-electron chi connectivity index (χ3n) is 4.99. The van der Waals surface area contributed by atoms with Crippen LogP contribution in [-0.4, -0.2) is 28.6 Å². The smallest absolute Gasteiger partial charge is 0.301 e. The predicted molar refractivity (Wildman–Crippen MR) is 120 cm³/mol. The van der Waals surface area contributed by atoms with E-state index in [4.69, 9.17) is 20.9 Å². The second-order valence-electron chi connectivity index (χ2n) is 7.14. The maximum atomic E-state index is 13.0. The molecule has 1 aliphatic heterocycles. The van der Waals surface area contributed by atoms with Crippen molar-refractivity contribution in [1.29, 1.82) is 0 Å². The van der Waals surface area contributed by atoms with Crippen LogP contribution < -0.4 is 9.64 Å². The van der Waals surface area contributed by atoms with E-state index in [1.165, 1.54) is 4.90 Å². The molecule has 0 unspecified atom stereocenters. The highest BCUT2D eigenvalue weighted by atomic mass is 35.5. The zero-order valence-corrected chi connectivity index (χ0v) is 17.9. The number of carbonyl (C=O) groups excluding carboxylic acids is 2. The summed E-state index contributed by atoms with van der Waals surface area (Å²) >= 11 is 5.95. The van der Waals surface area contributed by atoms with Crippen LogP contribution in [0, 0.1) is 6.92 Å². The van der Waals surface area contributed by atoms with Crippen LogP contribution in [0.25, 0.3) is 5.76 Å². The molecule has 162 valence electrons. The number of ketones is 1. The summed E-state index contributed by atoms with van der Waals surface area (Å²) in [6.45, 7) is 5.64. The Morgan fingerprint density at radius 3 is 2.50 bits per heavy atom. The van der Waals surface area contributed by atoms with Crippen LogP contribution in [0.3, 0.4) is 0 Å². The third kappa shape index (κ3) is 3.90. The fourth-order valence-corrected chi connectivity index (χ4v) is 3.64.